The van der Waals surface area contributed by atoms with Crippen molar-refractivity contribution >= 4 is 17.0 Å². The fraction of sp³-hybridized carbons (Fsp3) is 0.0833. The second-order valence-corrected chi connectivity index (χ2v) is 3.78. The number of fused-ring (bicyclic) bond motifs is 1. The highest BCUT2D eigenvalue weighted by Crippen LogP contribution is 2.21. The molecule has 3 N–H and O–H groups in total. The summed E-state index contributed by atoms with van der Waals surface area (Å²) in [5.74, 6) is 1.70. The van der Waals surface area contributed by atoms with Crippen molar-refractivity contribution in [1.29, 1.82) is 0 Å². The number of nitrogens with one attached hydrogen (secondary N) is 1. The number of hydrogen-bond acceptors (Lipinski definition) is 5. The third-order valence-corrected chi connectivity index (χ3v) is 2.58. The van der Waals surface area contributed by atoms with Gasteiger partial charge in [0.25, 0.3) is 0 Å². The Hall–Kier alpha value is -2.63. The maximum atomic E-state index is 5.65. The van der Waals surface area contributed by atoms with Gasteiger partial charge in [0.15, 0.2) is 5.65 Å². The van der Waals surface area contributed by atoms with E-state index in [1.807, 2.05) is 12.1 Å². The van der Waals surface area contributed by atoms with E-state index in [-0.39, 0.29) is 0 Å². The van der Waals surface area contributed by atoms with Crippen LogP contribution in [0, 0.1) is 0 Å². The molecule has 0 aliphatic rings. The van der Waals surface area contributed by atoms with Crippen LogP contribution in [0.3, 0.4) is 0 Å². The Labute approximate surface area is 103 Å². The first-order valence-corrected chi connectivity index (χ1v) is 5.39. The second kappa shape index (κ2) is 3.99. The van der Waals surface area contributed by atoms with Gasteiger partial charge < -0.3 is 15.5 Å². The Kier molecular flexibility index (Phi) is 2.33. The summed E-state index contributed by atoms with van der Waals surface area (Å²) in [4.78, 5) is 15.8. The zero-order chi connectivity index (χ0) is 12.5. The molecular formula is C12H11N5O. The van der Waals surface area contributed by atoms with Crippen LogP contribution in [-0.4, -0.2) is 27.0 Å². The number of nitrogens with two attached hydrogens (primary N) is 1. The maximum absolute atomic E-state index is 5.65. The van der Waals surface area contributed by atoms with Gasteiger partial charge in [-0.05, 0) is 18.2 Å². The SMILES string of the molecule is COc1ccc2[nH]c(-c3ccnc(N)c3)nc2n1. The molecule has 18 heavy (non-hydrogen) atoms. The summed E-state index contributed by atoms with van der Waals surface area (Å²) in [6.45, 7) is 0. The number of aromatic amines is 1. The minimum Gasteiger partial charge on any atom is -0.481 e. The number of anilines is 1. The number of aromatic nitrogens is 4. The van der Waals surface area contributed by atoms with Gasteiger partial charge in [-0.25, -0.2) is 9.97 Å². The molecule has 3 rings (SSSR count). The van der Waals surface area contributed by atoms with Gasteiger partial charge in [0.05, 0.1) is 12.6 Å². The van der Waals surface area contributed by atoms with Crippen molar-refractivity contribution in [3.05, 3.63) is 30.5 Å². The quantitative estimate of drug-likeness (QED) is 0.711. The van der Waals surface area contributed by atoms with Crippen LogP contribution in [0.15, 0.2) is 30.5 Å². The van der Waals surface area contributed by atoms with E-state index in [1.165, 1.54) is 0 Å². The van der Waals surface area contributed by atoms with Crippen molar-refractivity contribution in [3.8, 4) is 17.3 Å². The van der Waals surface area contributed by atoms with Crippen LogP contribution in [0.5, 0.6) is 5.88 Å². The fourth-order valence-corrected chi connectivity index (χ4v) is 1.72. The number of nitrogen functional groups attached to an aromatic ring is 1. The van der Waals surface area contributed by atoms with Gasteiger partial charge in [-0.1, -0.05) is 0 Å². The van der Waals surface area contributed by atoms with E-state index in [4.69, 9.17) is 10.5 Å². The molecule has 0 atom stereocenters. The Bertz CT molecular complexity index is 707. The number of hydrogen-bond donors (Lipinski definition) is 2. The van der Waals surface area contributed by atoms with Crippen molar-refractivity contribution in [2.45, 2.75) is 0 Å². The number of rotatable bonds is 2. The van der Waals surface area contributed by atoms with Crippen LogP contribution in [0.2, 0.25) is 0 Å². The summed E-state index contributed by atoms with van der Waals surface area (Å²) in [6.07, 6.45) is 1.64. The van der Waals surface area contributed by atoms with E-state index in [9.17, 15) is 0 Å². The van der Waals surface area contributed by atoms with Gasteiger partial charge in [0.1, 0.15) is 11.6 Å². The van der Waals surface area contributed by atoms with Crippen LogP contribution < -0.4 is 10.5 Å². The fourth-order valence-electron chi connectivity index (χ4n) is 1.72. The number of imidazole rings is 1. The van der Waals surface area contributed by atoms with Crippen molar-refractivity contribution < 1.29 is 4.74 Å². The first-order chi connectivity index (χ1) is 8.76. The molecule has 0 aliphatic carbocycles. The summed E-state index contributed by atoms with van der Waals surface area (Å²) in [5.41, 5.74) is 7.98. The van der Waals surface area contributed by atoms with Crippen LogP contribution in [0.25, 0.3) is 22.6 Å². The number of pyridine rings is 2. The number of nitrogens with zero attached hydrogens (tertiary/aromatic N) is 3. The Morgan fingerprint density at radius 3 is 2.89 bits per heavy atom. The summed E-state index contributed by atoms with van der Waals surface area (Å²) in [5, 5.41) is 0. The molecule has 3 heterocycles. The first kappa shape index (κ1) is 10.5. The van der Waals surface area contributed by atoms with Crippen LogP contribution >= 0.6 is 0 Å². The molecule has 0 spiro atoms. The smallest absolute Gasteiger partial charge is 0.215 e. The molecule has 0 amide bonds. The largest absolute Gasteiger partial charge is 0.481 e. The van der Waals surface area contributed by atoms with Crippen molar-refractivity contribution in [3.63, 3.8) is 0 Å². The highest BCUT2D eigenvalue weighted by Gasteiger charge is 2.07. The van der Waals surface area contributed by atoms with Crippen molar-refractivity contribution in [2.24, 2.45) is 0 Å². The molecule has 0 unspecified atom stereocenters. The molecule has 6 heteroatoms. The average Bonchev–Trinajstić information content (AvgIpc) is 2.81. The minimum absolute atomic E-state index is 0.457. The van der Waals surface area contributed by atoms with Gasteiger partial charge in [0.2, 0.25) is 5.88 Å². The molecule has 3 aromatic heterocycles. The second-order valence-electron chi connectivity index (χ2n) is 3.78. The zero-order valence-electron chi connectivity index (χ0n) is 9.71. The van der Waals surface area contributed by atoms with Gasteiger partial charge >= 0.3 is 0 Å². The molecule has 0 aromatic carbocycles. The van der Waals surface area contributed by atoms with Gasteiger partial charge in [0, 0.05) is 17.8 Å². The lowest BCUT2D eigenvalue weighted by molar-refractivity contribution is 0.399. The van der Waals surface area contributed by atoms with Crippen LogP contribution in [-0.2, 0) is 0 Å². The standard InChI is InChI=1S/C12H11N5O/c1-18-10-3-2-8-12(16-10)17-11(15-8)7-4-5-14-9(13)6-7/h2-6H,1H3,(H2,13,14)(H,15,16,17). The third-order valence-electron chi connectivity index (χ3n) is 2.58. The number of H-pyrrole nitrogens is 1. The van der Waals surface area contributed by atoms with E-state index >= 15 is 0 Å². The average molecular weight is 241 g/mol. The molecule has 90 valence electrons. The molecule has 0 aliphatic heterocycles. The minimum atomic E-state index is 0.457. The summed E-state index contributed by atoms with van der Waals surface area (Å²) in [7, 11) is 1.57. The molecule has 6 nitrogen and oxygen atoms in total. The Morgan fingerprint density at radius 1 is 1.22 bits per heavy atom. The van der Waals surface area contributed by atoms with E-state index in [2.05, 4.69) is 19.9 Å². The maximum Gasteiger partial charge on any atom is 0.215 e. The van der Waals surface area contributed by atoms with E-state index in [0.29, 0.717) is 23.2 Å². The summed E-state index contributed by atoms with van der Waals surface area (Å²) in [6, 6.07) is 7.26. The summed E-state index contributed by atoms with van der Waals surface area (Å²) >= 11 is 0. The predicted molar refractivity (Wildman–Crippen MR) is 68.1 cm³/mol. The molecule has 0 saturated heterocycles. The lowest BCUT2D eigenvalue weighted by atomic mass is 10.2. The monoisotopic (exact) mass is 241 g/mol. The molecule has 0 radical (unpaired) electrons. The highest BCUT2D eigenvalue weighted by molar-refractivity contribution is 5.76. The van der Waals surface area contributed by atoms with E-state index in [0.717, 1.165) is 11.1 Å². The lowest BCUT2D eigenvalue weighted by Gasteiger charge is -1.96. The first-order valence-electron chi connectivity index (χ1n) is 5.39. The molecule has 0 saturated carbocycles. The van der Waals surface area contributed by atoms with Gasteiger partial charge in [-0.15, -0.1) is 0 Å². The highest BCUT2D eigenvalue weighted by atomic mass is 16.5. The van der Waals surface area contributed by atoms with Gasteiger partial charge in [-0.2, -0.15) is 4.98 Å². The zero-order valence-corrected chi connectivity index (χ0v) is 9.71. The van der Waals surface area contributed by atoms with Gasteiger partial charge in [-0.3, -0.25) is 0 Å². The van der Waals surface area contributed by atoms with Crippen LogP contribution in [0.4, 0.5) is 5.82 Å². The van der Waals surface area contributed by atoms with Crippen LogP contribution in [0.1, 0.15) is 0 Å². The topological polar surface area (TPSA) is 89.7 Å². The molecule has 3 aromatic rings. The lowest BCUT2D eigenvalue weighted by Crippen LogP contribution is -1.90. The number of methoxy groups -OCH3 is 1. The Morgan fingerprint density at radius 2 is 2.11 bits per heavy atom. The predicted octanol–water partition coefficient (Wildman–Crippen LogP) is 1.61. The van der Waals surface area contributed by atoms with Crippen molar-refractivity contribution in [2.75, 3.05) is 12.8 Å². The Balaban J connectivity index is 2.13. The summed E-state index contributed by atoms with van der Waals surface area (Å²) < 4.78 is 5.06. The van der Waals surface area contributed by atoms with E-state index in [1.54, 1.807) is 25.4 Å². The number of ether oxygens (including phenoxy) is 1. The normalized spacial score (nSPS) is 10.7. The molecule has 0 fully saturated rings. The third kappa shape index (κ3) is 1.73. The molecular weight excluding hydrogens is 230 g/mol. The van der Waals surface area contributed by atoms with Crippen molar-refractivity contribution in [1.82, 2.24) is 19.9 Å². The molecule has 0 bridgehead atoms. The van der Waals surface area contributed by atoms with E-state index < -0.39 is 0 Å².